The Morgan fingerprint density at radius 2 is 2.08 bits per heavy atom. The lowest BCUT2D eigenvalue weighted by molar-refractivity contribution is 0.181. The molecule has 7 nitrogen and oxygen atoms in total. The molecule has 1 aliphatic rings. The predicted molar refractivity (Wildman–Crippen MR) is 101 cm³/mol. The van der Waals surface area contributed by atoms with Crippen LogP contribution in [0.2, 0.25) is 0 Å². The summed E-state index contributed by atoms with van der Waals surface area (Å²) in [7, 11) is 1.63. The highest BCUT2D eigenvalue weighted by molar-refractivity contribution is 5.90. The molecule has 0 unspecified atom stereocenters. The zero-order valence-electron chi connectivity index (χ0n) is 15.3. The van der Waals surface area contributed by atoms with Gasteiger partial charge < -0.3 is 15.4 Å². The number of hydrogen-bond acceptors (Lipinski definition) is 4. The lowest BCUT2D eigenvalue weighted by Crippen LogP contribution is -2.31. The van der Waals surface area contributed by atoms with Crippen molar-refractivity contribution in [1.82, 2.24) is 20.4 Å². The van der Waals surface area contributed by atoms with E-state index in [0.717, 1.165) is 42.3 Å². The van der Waals surface area contributed by atoms with Crippen molar-refractivity contribution in [3.63, 3.8) is 0 Å². The smallest absolute Gasteiger partial charge is 0.319 e. The number of aromatic nitrogens is 2. The van der Waals surface area contributed by atoms with Gasteiger partial charge in [0.05, 0.1) is 24.5 Å². The minimum Gasteiger partial charge on any atom is -0.378 e. The molecule has 1 aliphatic heterocycles. The van der Waals surface area contributed by atoms with Crippen molar-refractivity contribution in [2.75, 3.05) is 25.5 Å². The van der Waals surface area contributed by atoms with Crippen molar-refractivity contribution in [3.8, 4) is 0 Å². The normalized spacial score (nSPS) is 15.0. The number of rotatable bonds is 7. The molecule has 1 fully saturated rings. The third-order valence-corrected chi connectivity index (χ3v) is 4.52. The maximum absolute atomic E-state index is 12.3. The summed E-state index contributed by atoms with van der Waals surface area (Å²) >= 11 is 0. The molecule has 7 heteroatoms. The van der Waals surface area contributed by atoms with Gasteiger partial charge in [-0.25, -0.2) is 4.79 Å². The van der Waals surface area contributed by atoms with Crippen LogP contribution in [-0.2, 0) is 24.4 Å². The number of nitrogens with one attached hydrogen (secondary N) is 3. The van der Waals surface area contributed by atoms with Crippen molar-refractivity contribution >= 4 is 11.7 Å². The van der Waals surface area contributed by atoms with E-state index in [0.29, 0.717) is 13.2 Å². The zero-order chi connectivity index (χ0) is 18.2. The zero-order valence-corrected chi connectivity index (χ0v) is 15.3. The number of urea groups is 1. The van der Waals surface area contributed by atoms with Crippen molar-refractivity contribution in [2.24, 2.45) is 0 Å². The molecule has 140 valence electrons. The van der Waals surface area contributed by atoms with E-state index in [2.05, 4.69) is 31.8 Å². The summed E-state index contributed by atoms with van der Waals surface area (Å²) in [5, 5.41) is 12.8. The molecule has 3 N–H and O–H groups in total. The van der Waals surface area contributed by atoms with E-state index in [1.165, 1.54) is 19.3 Å². The first-order chi connectivity index (χ1) is 12.7. The molecule has 0 aliphatic carbocycles. The van der Waals surface area contributed by atoms with Gasteiger partial charge in [0.25, 0.3) is 0 Å². The maximum Gasteiger partial charge on any atom is 0.319 e. The Kier molecular flexibility index (Phi) is 6.62. The number of H-pyrrole nitrogens is 1. The standard InChI is InChI=1S/C19H27N5O2/c1-26-14-17-11-16(22-23-17)12-20-19(25)21-18-8-4-3-7-15(18)13-24-9-5-2-6-10-24/h3-4,7-8,11H,2,5-6,9-10,12-14H2,1H3,(H,22,23)(H2,20,21,25). The second-order valence-corrected chi connectivity index (χ2v) is 6.62. The first kappa shape index (κ1) is 18.4. The first-order valence-corrected chi connectivity index (χ1v) is 9.12. The van der Waals surface area contributed by atoms with Crippen molar-refractivity contribution in [3.05, 3.63) is 47.3 Å². The van der Waals surface area contributed by atoms with Gasteiger partial charge in [-0.1, -0.05) is 24.6 Å². The van der Waals surface area contributed by atoms with Gasteiger partial charge in [0.2, 0.25) is 0 Å². The number of aromatic amines is 1. The topological polar surface area (TPSA) is 82.3 Å². The SMILES string of the molecule is COCc1cc(CNC(=O)Nc2ccccc2CN2CCCCC2)[nH]n1. The molecule has 2 amide bonds. The molecule has 3 rings (SSSR count). The van der Waals surface area contributed by atoms with Crippen LogP contribution in [0.15, 0.2) is 30.3 Å². The van der Waals surface area contributed by atoms with Gasteiger partial charge in [0.1, 0.15) is 0 Å². The van der Waals surface area contributed by atoms with Crippen LogP contribution < -0.4 is 10.6 Å². The second-order valence-electron chi connectivity index (χ2n) is 6.62. The molecular formula is C19H27N5O2. The molecule has 0 bridgehead atoms. The van der Waals surface area contributed by atoms with Crippen LogP contribution in [0.1, 0.15) is 36.2 Å². The Bertz CT molecular complexity index is 709. The van der Waals surface area contributed by atoms with E-state index in [1.807, 2.05) is 24.3 Å². The number of nitrogens with zero attached hydrogens (tertiary/aromatic N) is 2. The van der Waals surface area contributed by atoms with E-state index in [1.54, 1.807) is 7.11 Å². The van der Waals surface area contributed by atoms with Gasteiger partial charge in [0, 0.05) is 19.3 Å². The highest BCUT2D eigenvalue weighted by atomic mass is 16.5. The predicted octanol–water partition coefficient (Wildman–Crippen LogP) is 2.86. The molecular weight excluding hydrogens is 330 g/mol. The maximum atomic E-state index is 12.3. The minimum absolute atomic E-state index is 0.223. The van der Waals surface area contributed by atoms with E-state index < -0.39 is 0 Å². The van der Waals surface area contributed by atoms with E-state index in [-0.39, 0.29) is 6.03 Å². The fourth-order valence-corrected chi connectivity index (χ4v) is 3.20. The molecule has 2 aromatic rings. The number of piperidine rings is 1. The number of anilines is 1. The van der Waals surface area contributed by atoms with E-state index in [4.69, 9.17) is 4.74 Å². The number of ether oxygens (including phenoxy) is 1. The van der Waals surface area contributed by atoms with Gasteiger partial charge in [-0.15, -0.1) is 0 Å². The Balaban J connectivity index is 1.53. The first-order valence-electron chi connectivity index (χ1n) is 9.12. The summed E-state index contributed by atoms with van der Waals surface area (Å²) in [6.07, 6.45) is 3.83. The molecule has 1 saturated heterocycles. The van der Waals surface area contributed by atoms with Crippen LogP contribution in [0.3, 0.4) is 0 Å². The summed E-state index contributed by atoms with van der Waals surface area (Å²) in [6, 6.07) is 9.65. The third-order valence-electron chi connectivity index (χ3n) is 4.52. The van der Waals surface area contributed by atoms with Gasteiger partial charge in [-0.2, -0.15) is 5.10 Å². The van der Waals surface area contributed by atoms with Crippen molar-refractivity contribution in [2.45, 2.75) is 39.0 Å². The summed E-state index contributed by atoms with van der Waals surface area (Å²) in [5.74, 6) is 0. The van der Waals surface area contributed by atoms with Gasteiger partial charge in [-0.3, -0.25) is 10.00 Å². The molecule has 2 heterocycles. The fraction of sp³-hybridized carbons (Fsp3) is 0.474. The highest BCUT2D eigenvalue weighted by Gasteiger charge is 2.13. The Morgan fingerprint density at radius 1 is 1.27 bits per heavy atom. The number of methoxy groups -OCH3 is 1. The molecule has 0 saturated carbocycles. The largest absolute Gasteiger partial charge is 0.378 e. The molecule has 1 aromatic heterocycles. The van der Waals surface area contributed by atoms with Gasteiger partial charge >= 0.3 is 6.03 Å². The Hall–Kier alpha value is -2.38. The van der Waals surface area contributed by atoms with Crippen molar-refractivity contribution < 1.29 is 9.53 Å². The number of benzene rings is 1. The van der Waals surface area contributed by atoms with Crippen LogP contribution in [0.4, 0.5) is 10.5 Å². The lowest BCUT2D eigenvalue weighted by atomic mass is 10.1. The van der Waals surface area contributed by atoms with Crippen LogP contribution in [0, 0.1) is 0 Å². The summed E-state index contributed by atoms with van der Waals surface area (Å²) < 4.78 is 5.04. The molecule has 0 spiro atoms. The number of amides is 2. The fourth-order valence-electron chi connectivity index (χ4n) is 3.20. The number of para-hydroxylation sites is 1. The molecule has 0 atom stereocenters. The van der Waals surface area contributed by atoms with Crippen LogP contribution >= 0.6 is 0 Å². The van der Waals surface area contributed by atoms with Gasteiger partial charge in [0.15, 0.2) is 0 Å². The molecule has 26 heavy (non-hydrogen) atoms. The third kappa shape index (κ3) is 5.31. The Labute approximate surface area is 154 Å². The van der Waals surface area contributed by atoms with E-state index in [9.17, 15) is 4.79 Å². The second kappa shape index (κ2) is 9.35. The van der Waals surface area contributed by atoms with Crippen LogP contribution in [0.25, 0.3) is 0 Å². The van der Waals surface area contributed by atoms with E-state index >= 15 is 0 Å². The lowest BCUT2D eigenvalue weighted by Gasteiger charge is -2.27. The van der Waals surface area contributed by atoms with Crippen molar-refractivity contribution in [1.29, 1.82) is 0 Å². The average Bonchev–Trinajstić information content (AvgIpc) is 3.10. The quantitative estimate of drug-likeness (QED) is 0.712. The summed E-state index contributed by atoms with van der Waals surface area (Å²) in [4.78, 5) is 14.7. The number of carbonyl (C=O) groups is 1. The Morgan fingerprint density at radius 3 is 2.88 bits per heavy atom. The average molecular weight is 357 g/mol. The minimum atomic E-state index is -0.223. The monoisotopic (exact) mass is 357 g/mol. The number of hydrogen-bond donors (Lipinski definition) is 3. The number of carbonyl (C=O) groups excluding carboxylic acids is 1. The molecule has 1 aromatic carbocycles. The summed E-state index contributed by atoms with van der Waals surface area (Å²) in [6.45, 7) is 3.97. The van der Waals surface area contributed by atoms with Gasteiger partial charge in [-0.05, 0) is 43.6 Å². The number of likely N-dealkylation sites (tertiary alicyclic amines) is 1. The molecule has 0 radical (unpaired) electrons. The highest BCUT2D eigenvalue weighted by Crippen LogP contribution is 2.19. The van der Waals surface area contributed by atoms with Crippen LogP contribution in [0.5, 0.6) is 0 Å². The van der Waals surface area contributed by atoms with Crippen LogP contribution in [-0.4, -0.2) is 41.3 Å². The summed E-state index contributed by atoms with van der Waals surface area (Å²) in [5.41, 5.74) is 3.67.